The first-order chi connectivity index (χ1) is 10.4. The number of thiazole rings is 1. The number of benzene rings is 1. The number of nitrogens with zero attached hydrogens (tertiary/aromatic N) is 2. The van der Waals surface area contributed by atoms with Crippen LogP contribution in [0, 0.1) is 0 Å². The number of anilines is 1. The fourth-order valence-electron chi connectivity index (χ4n) is 3.29. The molecule has 2 aromatic rings. The van der Waals surface area contributed by atoms with Gasteiger partial charge in [-0.3, -0.25) is 0 Å². The van der Waals surface area contributed by atoms with E-state index in [0.717, 1.165) is 12.2 Å². The molecule has 110 valence electrons. The van der Waals surface area contributed by atoms with Crippen LogP contribution in [0.15, 0.2) is 29.6 Å². The van der Waals surface area contributed by atoms with Crippen LogP contribution < -0.4 is 10.2 Å². The fourth-order valence-corrected chi connectivity index (χ4v) is 4.23. The summed E-state index contributed by atoms with van der Waals surface area (Å²) in [5.74, 6) is 0. The lowest BCUT2D eigenvalue weighted by molar-refractivity contribution is 0.643. The van der Waals surface area contributed by atoms with E-state index in [1.807, 2.05) is 0 Å². The van der Waals surface area contributed by atoms with Crippen molar-refractivity contribution in [1.82, 2.24) is 10.3 Å². The number of hydrogen-bond donors (Lipinski definition) is 1. The third-order valence-corrected chi connectivity index (χ3v) is 5.47. The zero-order valence-corrected chi connectivity index (χ0v) is 13.0. The van der Waals surface area contributed by atoms with Crippen molar-refractivity contribution < 1.29 is 0 Å². The molecule has 1 unspecified atom stereocenters. The molecule has 0 radical (unpaired) electrons. The van der Waals surface area contributed by atoms with Crippen molar-refractivity contribution in [1.29, 1.82) is 0 Å². The standard InChI is InChI=1S/C17H21N3S/c1-2-11-20(10-1)14-7-5-13(6-8-14)16-12-21-17(19-16)15-4-3-9-18-15/h5-8,12,15,18H,1-4,9-11H2. The minimum atomic E-state index is 0.479. The van der Waals surface area contributed by atoms with Crippen LogP contribution in [0.3, 0.4) is 0 Å². The molecule has 1 atom stereocenters. The highest BCUT2D eigenvalue weighted by molar-refractivity contribution is 7.10. The van der Waals surface area contributed by atoms with Crippen LogP contribution in [-0.4, -0.2) is 24.6 Å². The summed E-state index contributed by atoms with van der Waals surface area (Å²) in [5, 5.41) is 6.96. The molecule has 3 heterocycles. The maximum absolute atomic E-state index is 4.83. The molecule has 0 amide bonds. The van der Waals surface area contributed by atoms with Gasteiger partial charge in [-0.15, -0.1) is 11.3 Å². The van der Waals surface area contributed by atoms with Crippen LogP contribution >= 0.6 is 11.3 Å². The highest BCUT2D eigenvalue weighted by Gasteiger charge is 2.19. The third kappa shape index (κ3) is 2.70. The van der Waals surface area contributed by atoms with Gasteiger partial charge in [0.2, 0.25) is 0 Å². The second-order valence-corrected chi connectivity index (χ2v) is 6.85. The monoisotopic (exact) mass is 299 g/mol. The average Bonchev–Trinajstić information content (AvgIpc) is 3.27. The molecular weight excluding hydrogens is 278 g/mol. The van der Waals surface area contributed by atoms with E-state index >= 15 is 0 Å². The third-order valence-electron chi connectivity index (χ3n) is 4.51. The van der Waals surface area contributed by atoms with Crippen LogP contribution in [0.2, 0.25) is 0 Å². The Kier molecular flexibility index (Phi) is 3.65. The van der Waals surface area contributed by atoms with E-state index in [1.165, 1.54) is 55.0 Å². The van der Waals surface area contributed by atoms with Crippen molar-refractivity contribution in [2.24, 2.45) is 0 Å². The van der Waals surface area contributed by atoms with Gasteiger partial charge >= 0.3 is 0 Å². The van der Waals surface area contributed by atoms with Crippen molar-refractivity contribution >= 4 is 17.0 Å². The molecule has 2 fully saturated rings. The van der Waals surface area contributed by atoms with Gasteiger partial charge in [0.1, 0.15) is 5.01 Å². The van der Waals surface area contributed by atoms with E-state index in [-0.39, 0.29) is 0 Å². The van der Waals surface area contributed by atoms with Crippen LogP contribution in [-0.2, 0) is 0 Å². The molecule has 1 N–H and O–H groups in total. The molecule has 0 bridgehead atoms. The molecule has 1 aromatic heterocycles. The van der Waals surface area contributed by atoms with Gasteiger partial charge in [0.25, 0.3) is 0 Å². The number of rotatable bonds is 3. The Hall–Kier alpha value is -1.39. The van der Waals surface area contributed by atoms with Gasteiger partial charge in [0.15, 0.2) is 0 Å². The Morgan fingerprint density at radius 3 is 2.62 bits per heavy atom. The van der Waals surface area contributed by atoms with Gasteiger partial charge in [-0.1, -0.05) is 12.1 Å². The summed E-state index contributed by atoms with van der Waals surface area (Å²) in [6.07, 6.45) is 5.14. The molecule has 2 aliphatic heterocycles. The Bertz CT molecular complexity index is 593. The first-order valence-electron chi connectivity index (χ1n) is 7.94. The lowest BCUT2D eigenvalue weighted by atomic mass is 10.1. The van der Waals surface area contributed by atoms with Crippen molar-refractivity contribution in [3.05, 3.63) is 34.7 Å². The van der Waals surface area contributed by atoms with E-state index < -0.39 is 0 Å². The van der Waals surface area contributed by atoms with Crippen molar-refractivity contribution in [2.45, 2.75) is 31.7 Å². The number of hydrogen-bond acceptors (Lipinski definition) is 4. The van der Waals surface area contributed by atoms with Gasteiger partial charge in [0, 0.05) is 29.7 Å². The van der Waals surface area contributed by atoms with E-state index in [4.69, 9.17) is 4.98 Å². The maximum Gasteiger partial charge on any atom is 0.110 e. The molecule has 0 saturated carbocycles. The van der Waals surface area contributed by atoms with Crippen LogP contribution in [0.25, 0.3) is 11.3 Å². The summed E-state index contributed by atoms with van der Waals surface area (Å²) in [4.78, 5) is 7.30. The molecule has 4 heteroatoms. The summed E-state index contributed by atoms with van der Waals surface area (Å²) in [5.41, 5.74) is 3.71. The summed E-state index contributed by atoms with van der Waals surface area (Å²) < 4.78 is 0. The number of nitrogens with one attached hydrogen (secondary N) is 1. The van der Waals surface area contributed by atoms with Crippen molar-refractivity contribution in [3.8, 4) is 11.3 Å². The first-order valence-corrected chi connectivity index (χ1v) is 8.82. The topological polar surface area (TPSA) is 28.2 Å². The Morgan fingerprint density at radius 1 is 1.10 bits per heavy atom. The minimum absolute atomic E-state index is 0.479. The predicted octanol–water partition coefficient (Wildman–Crippen LogP) is 3.83. The minimum Gasteiger partial charge on any atom is -0.372 e. The highest BCUT2D eigenvalue weighted by Crippen LogP contribution is 2.31. The highest BCUT2D eigenvalue weighted by atomic mass is 32.1. The van der Waals surface area contributed by atoms with E-state index in [9.17, 15) is 0 Å². The van der Waals surface area contributed by atoms with Crippen molar-refractivity contribution in [2.75, 3.05) is 24.5 Å². The van der Waals surface area contributed by atoms with E-state index in [0.29, 0.717) is 6.04 Å². The summed E-state index contributed by atoms with van der Waals surface area (Å²) in [7, 11) is 0. The second-order valence-electron chi connectivity index (χ2n) is 5.96. The number of aromatic nitrogens is 1. The smallest absolute Gasteiger partial charge is 0.110 e. The Balaban J connectivity index is 1.53. The van der Waals surface area contributed by atoms with Crippen LogP contribution in [0.5, 0.6) is 0 Å². The predicted molar refractivity (Wildman–Crippen MR) is 89.0 cm³/mol. The summed E-state index contributed by atoms with van der Waals surface area (Å²) >= 11 is 1.79. The Morgan fingerprint density at radius 2 is 1.90 bits per heavy atom. The van der Waals surface area contributed by atoms with Gasteiger partial charge in [0.05, 0.1) is 11.7 Å². The molecular formula is C17H21N3S. The lowest BCUT2D eigenvalue weighted by Crippen LogP contribution is -2.17. The van der Waals surface area contributed by atoms with Gasteiger partial charge in [-0.05, 0) is 44.4 Å². The summed E-state index contributed by atoms with van der Waals surface area (Å²) in [6, 6.07) is 9.40. The maximum atomic E-state index is 4.83. The van der Waals surface area contributed by atoms with E-state index in [2.05, 4.69) is 39.9 Å². The molecule has 3 nitrogen and oxygen atoms in total. The molecule has 4 rings (SSSR count). The largest absolute Gasteiger partial charge is 0.372 e. The fraction of sp³-hybridized carbons (Fsp3) is 0.471. The van der Waals surface area contributed by atoms with Crippen LogP contribution in [0.4, 0.5) is 5.69 Å². The zero-order valence-electron chi connectivity index (χ0n) is 12.2. The quantitative estimate of drug-likeness (QED) is 0.933. The van der Waals surface area contributed by atoms with Crippen molar-refractivity contribution in [3.63, 3.8) is 0 Å². The molecule has 2 aliphatic rings. The zero-order chi connectivity index (χ0) is 14.1. The van der Waals surface area contributed by atoms with Gasteiger partial charge < -0.3 is 10.2 Å². The molecule has 0 spiro atoms. The second kappa shape index (κ2) is 5.78. The molecule has 21 heavy (non-hydrogen) atoms. The molecule has 0 aliphatic carbocycles. The SMILES string of the molecule is c1cc(N2CCCC2)ccc1-c1csc(C2CCCN2)n1. The normalized spacial score (nSPS) is 22.1. The van der Waals surface area contributed by atoms with Crippen LogP contribution in [0.1, 0.15) is 36.7 Å². The average molecular weight is 299 g/mol. The van der Waals surface area contributed by atoms with Gasteiger partial charge in [-0.25, -0.2) is 4.98 Å². The summed E-state index contributed by atoms with van der Waals surface area (Å²) in [6.45, 7) is 3.53. The molecule has 2 saturated heterocycles. The van der Waals surface area contributed by atoms with Gasteiger partial charge in [-0.2, -0.15) is 0 Å². The Labute approximate surface area is 130 Å². The first kappa shape index (κ1) is 13.3. The van der Waals surface area contributed by atoms with E-state index in [1.54, 1.807) is 11.3 Å². The molecule has 1 aromatic carbocycles. The lowest BCUT2D eigenvalue weighted by Gasteiger charge is -2.17.